The summed E-state index contributed by atoms with van der Waals surface area (Å²) in [5.41, 5.74) is 3.59. The summed E-state index contributed by atoms with van der Waals surface area (Å²) >= 11 is 0. The van der Waals surface area contributed by atoms with Crippen molar-refractivity contribution in [2.45, 2.75) is 46.6 Å². The third kappa shape index (κ3) is 3.99. The zero-order valence-electron chi connectivity index (χ0n) is 16.9. The lowest BCUT2D eigenvalue weighted by Gasteiger charge is -2.18. The molecule has 0 saturated carbocycles. The zero-order chi connectivity index (χ0) is 22.2. The normalized spacial score (nSPS) is 11.9. The molecule has 0 bridgehead atoms. The number of alkyl halides is 4. The lowest BCUT2D eigenvalue weighted by atomic mass is 10.00. The van der Waals surface area contributed by atoms with Crippen LogP contribution in [-0.2, 0) is 6.42 Å². The zero-order valence-corrected chi connectivity index (χ0v) is 16.9. The Morgan fingerprint density at radius 2 is 1.63 bits per heavy atom. The maximum absolute atomic E-state index is 13.0. The third-order valence-corrected chi connectivity index (χ3v) is 4.85. The molecule has 1 N–H and O–H groups in total. The quantitative estimate of drug-likeness (QED) is 0.463. The summed E-state index contributed by atoms with van der Waals surface area (Å²) in [6, 6.07) is 6.71. The second-order valence-electron chi connectivity index (χ2n) is 6.97. The van der Waals surface area contributed by atoms with E-state index in [1.54, 1.807) is 19.9 Å². The lowest BCUT2D eigenvalue weighted by molar-refractivity contribution is -0.253. The van der Waals surface area contributed by atoms with E-state index in [-0.39, 0.29) is 5.75 Å². The Morgan fingerprint density at radius 1 is 1.03 bits per heavy atom. The molecular weight excluding hydrogens is 402 g/mol. The fourth-order valence-corrected chi connectivity index (χ4v) is 3.28. The average molecular weight is 423 g/mol. The number of ether oxygens (including phenoxy) is 2. The highest BCUT2D eigenvalue weighted by atomic mass is 19.3. The van der Waals surface area contributed by atoms with Crippen molar-refractivity contribution in [3.8, 4) is 23.0 Å². The number of rotatable bonds is 6. The molecule has 0 atom stereocenters. The van der Waals surface area contributed by atoms with Crippen molar-refractivity contribution in [3.05, 3.63) is 52.7 Å². The van der Waals surface area contributed by atoms with Crippen molar-refractivity contribution in [2.75, 3.05) is 0 Å². The van der Waals surface area contributed by atoms with Crippen LogP contribution in [0.5, 0.6) is 23.0 Å². The van der Waals surface area contributed by atoms with Gasteiger partial charge in [0.2, 0.25) is 0 Å². The second-order valence-corrected chi connectivity index (χ2v) is 6.97. The van der Waals surface area contributed by atoms with Crippen molar-refractivity contribution in [2.24, 2.45) is 0 Å². The standard InChI is InChI=1S/C22H21F4NO3/c1-5-16-12(3)19(28)18-13(4)20(11(2)10-17(18)27-16)29-14-6-8-15(9-7-14)30-22(25,26)21(23)24/h6-10,21H,5H2,1-4H3,(H,27,28). The molecule has 0 aliphatic heterocycles. The first-order chi connectivity index (χ1) is 14.0. The molecule has 0 unspecified atom stereocenters. The maximum atomic E-state index is 13.0. The molecule has 0 radical (unpaired) electrons. The molecule has 2 aromatic carbocycles. The van der Waals surface area contributed by atoms with Gasteiger partial charge in [-0.2, -0.15) is 17.6 Å². The van der Waals surface area contributed by atoms with E-state index >= 15 is 0 Å². The van der Waals surface area contributed by atoms with E-state index in [0.717, 1.165) is 23.4 Å². The minimum Gasteiger partial charge on any atom is -0.507 e. The van der Waals surface area contributed by atoms with Gasteiger partial charge in [0.25, 0.3) is 0 Å². The highest BCUT2D eigenvalue weighted by Crippen LogP contribution is 2.40. The number of fused-ring (bicyclic) bond motifs is 1. The highest BCUT2D eigenvalue weighted by molar-refractivity contribution is 5.92. The number of aryl methyl sites for hydroxylation is 3. The van der Waals surface area contributed by atoms with Crippen LogP contribution in [0, 0.1) is 20.8 Å². The van der Waals surface area contributed by atoms with E-state index in [1.807, 2.05) is 13.8 Å². The van der Waals surface area contributed by atoms with Crippen LogP contribution in [0.15, 0.2) is 30.3 Å². The van der Waals surface area contributed by atoms with Crippen LogP contribution in [0.25, 0.3) is 10.9 Å². The Hall–Kier alpha value is -3.03. The fraction of sp³-hybridized carbons (Fsp3) is 0.318. The second kappa shape index (κ2) is 8.01. The predicted octanol–water partition coefficient (Wildman–Crippen LogP) is 6.46. The van der Waals surface area contributed by atoms with Gasteiger partial charge in [-0.15, -0.1) is 0 Å². The molecule has 0 saturated heterocycles. The fourth-order valence-electron chi connectivity index (χ4n) is 3.28. The molecule has 30 heavy (non-hydrogen) atoms. The van der Waals surface area contributed by atoms with Crippen molar-refractivity contribution in [1.29, 1.82) is 0 Å². The molecule has 3 rings (SSSR count). The molecule has 0 fully saturated rings. The van der Waals surface area contributed by atoms with Crippen LogP contribution in [0.2, 0.25) is 0 Å². The summed E-state index contributed by atoms with van der Waals surface area (Å²) in [5.74, 6) is 0.499. The lowest BCUT2D eigenvalue weighted by Crippen LogP contribution is -2.33. The van der Waals surface area contributed by atoms with Gasteiger partial charge in [-0.3, -0.25) is 4.98 Å². The molecule has 0 aliphatic rings. The van der Waals surface area contributed by atoms with Crippen LogP contribution < -0.4 is 9.47 Å². The summed E-state index contributed by atoms with van der Waals surface area (Å²) in [4.78, 5) is 4.62. The van der Waals surface area contributed by atoms with Crippen molar-refractivity contribution in [1.82, 2.24) is 4.98 Å². The summed E-state index contributed by atoms with van der Waals surface area (Å²) < 4.78 is 60.5. The highest BCUT2D eigenvalue weighted by Gasteiger charge is 2.43. The number of aromatic hydroxyl groups is 1. The van der Waals surface area contributed by atoms with Gasteiger partial charge in [0.15, 0.2) is 0 Å². The minimum absolute atomic E-state index is 0.136. The molecule has 0 amide bonds. The third-order valence-electron chi connectivity index (χ3n) is 4.85. The SMILES string of the molecule is CCc1nc2cc(C)c(Oc3ccc(OC(F)(F)C(F)F)cc3)c(C)c2c(O)c1C. The molecule has 4 nitrogen and oxygen atoms in total. The van der Waals surface area contributed by atoms with E-state index in [2.05, 4.69) is 9.72 Å². The first-order valence-corrected chi connectivity index (χ1v) is 9.30. The smallest absolute Gasteiger partial charge is 0.461 e. The van der Waals surface area contributed by atoms with Crippen molar-refractivity contribution in [3.63, 3.8) is 0 Å². The van der Waals surface area contributed by atoms with Crippen LogP contribution in [0.3, 0.4) is 0 Å². The Bertz CT molecular complexity index is 1080. The Kier molecular flexibility index (Phi) is 5.78. The topological polar surface area (TPSA) is 51.6 Å². The Labute approximate surface area is 171 Å². The minimum atomic E-state index is -4.58. The van der Waals surface area contributed by atoms with E-state index in [4.69, 9.17) is 4.74 Å². The van der Waals surface area contributed by atoms with Gasteiger partial charge in [0.1, 0.15) is 23.0 Å². The Morgan fingerprint density at radius 3 is 2.20 bits per heavy atom. The number of pyridine rings is 1. The largest absolute Gasteiger partial charge is 0.507 e. The molecule has 160 valence electrons. The molecular formula is C22H21F4NO3. The van der Waals surface area contributed by atoms with E-state index in [0.29, 0.717) is 39.9 Å². The van der Waals surface area contributed by atoms with Gasteiger partial charge in [-0.05, 0) is 63.1 Å². The number of hydrogen-bond donors (Lipinski definition) is 1. The van der Waals surface area contributed by atoms with Crippen LogP contribution >= 0.6 is 0 Å². The van der Waals surface area contributed by atoms with Crippen LogP contribution in [-0.4, -0.2) is 22.6 Å². The number of aromatic nitrogens is 1. The van der Waals surface area contributed by atoms with Gasteiger partial charge < -0.3 is 14.6 Å². The van der Waals surface area contributed by atoms with Gasteiger partial charge >= 0.3 is 12.5 Å². The van der Waals surface area contributed by atoms with E-state index in [1.165, 1.54) is 12.1 Å². The number of benzene rings is 2. The molecule has 0 spiro atoms. The number of halogens is 4. The number of nitrogens with zero attached hydrogens (tertiary/aromatic N) is 1. The summed E-state index contributed by atoms with van der Waals surface area (Å²) in [7, 11) is 0. The summed E-state index contributed by atoms with van der Waals surface area (Å²) in [6.07, 6.45) is -7.83. The van der Waals surface area contributed by atoms with Gasteiger partial charge in [-0.1, -0.05) is 6.92 Å². The molecule has 1 heterocycles. The van der Waals surface area contributed by atoms with Gasteiger partial charge in [-0.25, -0.2) is 0 Å². The molecule has 0 aliphatic carbocycles. The summed E-state index contributed by atoms with van der Waals surface area (Å²) in [5, 5.41) is 11.2. The first kappa shape index (κ1) is 21.7. The maximum Gasteiger partial charge on any atom is 0.461 e. The first-order valence-electron chi connectivity index (χ1n) is 9.30. The molecule has 3 aromatic rings. The van der Waals surface area contributed by atoms with Crippen LogP contribution in [0.1, 0.15) is 29.3 Å². The van der Waals surface area contributed by atoms with E-state index in [9.17, 15) is 22.7 Å². The van der Waals surface area contributed by atoms with Gasteiger partial charge in [0.05, 0.1) is 5.52 Å². The molecule has 8 heteroatoms. The van der Waals surface area contributed by atoms with E-state index < -0.39 is 18.3 Å². The number of hydrogen-bond acceptors (Lipinski definition) is 4. The van der Waals surface area contributed by atoms with Crippen molar-refractivity contribution < 1.29 is 32.1 Å². The van der Waals surface area contributed by atoms with Crippen LogP contribution in [0.4, 0.5) is 17.6 Å². The molecule has 1 aromatic heterocycles. The van der Waals surface area contributed by atoms with Gasteiger partial charge in [0, 0.05) is 22.2 Å². The van der Waals surface area contributed by atoms with Crippen molar-refractivity contribution >= 4 is 10.9 Å². The predicted molar refractivity (Wildman–Crippen MR) is 105 cm³/mol. The monoisotopic (exact) mass is 423 g/mol. The Balaban J connectivity index is 1.95. The summed E-state index contributed by atoms with van der Waals surface area (Å²) in [6.45, 7) is 7.38. The average Bonchev–Trinajstić information content (AvgIpc) is 2.68.